The Balaban J connectivity index is 1.30. The van der Waals surface area contributed by atoms with Crippen molar-refractivity contribution in [3.8, 4) is 0 Å². The van der Waals surface area contributed by atoms with Crippen molar-refractivity contribution in [3.63, 3.8) is 0 Å². The largest absolute Gasteiger partial charge is 0.481 e. The van der Waals surface area contributed by atoms with Gasteiger partial charge in [-0.2, -0.15) is 13.2 Å². The molecule has 2 unspecified atom stereocenters. The zero-order valence-electron chi connectivity index (χ0n) is 23.0. The quantitative estimate of drug-likeness (QED) is 0.373. The number of amides is 1. The molecule has 3 aliphatic rings. The number of carbonyl (C=O) groups excluding carboxylic acids is 1. The molecular formula is C28H32F4N6O3S. The number of thioether (sulfide) groups is 1. The number of halogens is 4. The maximum Gasteiger partial charge on any atom is 0.416 e. The van der Waals surface area contributed by atoms with Gasteiger partial charge in [0.2, 0.25) is 0 Å². The van der Waals surface area contributed by atoms with Gasteiger partial charge in [-0.3, -0.25) is 14.5 Å². The molecule has 2 aromatic rings. The van der Waals surface area contributed by atoms with Gasteiger partial charge in [0, 0.05) is 36.1 Å². The minimum Gasteiger partial charge on any atom is -0.481 e. The van der Waals surface area contributed by atoms with E-state index in [4.69, 9.17) is 0 Å². The van der Waals surface area contributed by atoms with Crippen LogP contribution in [0.1, 0.15) is 60.6 Å². The Morgan fingerprint density at radius 3 is 2.52 bits per heavy atom. The number of nitrogens with one attached hydrogen (secondary N) is 2. The Morgan fingerprint density at radius 1 is 1.12 bits per heavy atom. The second-order valence-electron chi connectivity index (χ2n) is 10.7. The van der Waals surface area contributed by atoms with Crippen LogP contribution in [0.15, 0.2) is 35.5 Å². The zero-order valence-corrected chi connectivity index (χ0v) is 23.8. The van der Waals surface area contributed by atoms with Crippen molar-refractivity contribution in [1.82, 2.24) is 25.5 Å². The molecule has 42 heavy (non-hydrogen) atoms. The van der Waals surface area contributed by atoms with Gasteiger partial charge in [-0.05, 0) is 56.8 Å². The molecule has 2 atom stereocenters. The summed E-state index contributed by atoms with van der Waals surface area (Å²) < 4.78 is 54.8. The number of hydrogen-bond donors (Lipinski definition) is 3. The Morgan fingerprint density at radius 2 is 1.88 bits per heavy atom. The number of likely N-dealkylation sites (tertiary alicyclic amines) is 1. The highest BCUT2D eigenvalue weighted by molar-refractivity contribution is 8.04. The first-order chi connectivity index (χ1) is 20.0. The lowest BCUT2D eigenvalue weighted by molar-refractivity contribution is -0.142. The average molecular weight is 609 g/mol. The van der Waals surface area contributed by atoms with E-state index in [9.17, 15) is 32.3 Å². The molecule has 0 bridgehead atoms. The van der Waals surface area contributed by atoms with Crippen LogP contribution in [0.4, 0.5) is 23.4 Å². The van der Waals surface area contributed by atoms with Gasteiger partial charge in [-0.1, -0.05) is 18.7 Å². The predicted octanol–water partition coefficient (Wildman–Crippen LogP) is 4.53. The SMILES string of the molecule is CCC1CCCN1CC1=C(c2cc(F)cc(C(F)(F)F)c2)NC(NC(=O)c2cnc(N3CCC(C(=O)O)CC3)cn2)S1. The van der Waals surface area contributed by atoms with E-state index in [1.807, 2.05) is 4.90 Å². The molecule has 9 nitrogen and oxygen atoms in total. The zero-order chi connectivity index (χ0) is 30.0. The predicted molar refractivity (Wildman–Crippen MR) is 150 cm³/mol. The van der Waals surface area contributed by atoms with E-state index in [1.165, 1.54) is 24.2 Å². The fourth-order valence-corrected chi connectivity index (χ4v) is 6.83. The second kappa shape index (κ2) is 12.5. The molecule has 4 heterocycles. The molecule has 0 saturated carbocycles. The van der Waals surface area contributed by atoms with Gasteiger partial charge in [0.15, 0.2) is 5.50 Å². The number of piperidine rings is 1. The Kier molecular flexibility index (Phi) is 8.92. The number of alkyl halides is 3. The number of aromatic nitrogens is 2. The summed E-state index contributed by atoms with van der Waals surface area (Å²) in [6.07, 6.45) is 2.06. The number of rotatable bonds is 8. The van der Waals surface area contributed by atoms with E-state index in [2.05, 4.69) is 32.4 Å². The van der Waals surface area contributed by atoms with Crippen molar-refractivity contribution < 1.29 is 32.3 Å². The number of anilines is 1. The smallest absolute Gasteiger partial charge is 0.416 e. The van der Waals surface area contributed by atoms with Crippen LogP contribution in [0.2, 0.25) is 0 Å². The summed E-state index contributed by atoms with van der Waals surface area (Å²) in [6.45, 7) is 4.43. The third-order valence-electron chi connectivity index (χ3n) is 7.95. The molecule has 3 N–H and O–H groups in total. The third-order valence-corrected chi connectivity index (χ3v) is 9.04. The first-order valence-corrected chi connectivity index (χ1v) is 14.8. The van der Waals surface area contributed by atoms with Crippen LogP contribution < -0.4 is 15.5 Å². The van der Waals surface area contributed by atoms with Crippen LogP contribution >= 0.6 is 11.8 Å². The maximum atomic E-state index is 14.3. The molecule has 3 aliphatic heterocycles. The van der Waals surface area contributed by atoms with Gasteiger partial charge in [-0.15, -0.1) is 0 Å². The lowest BCUT2D eigenvalue weighted by Crippen LogP contribution is -2.40. The molecule has 0 spiro atoms. The van der Waals surface area contributed by atoms with Crippen molar-refractivity contribution in [1.29, 1.82) is 0 Å². The number of benzene rings is 1. The summed E-state index contributed by atoms with van der Waals surface area (Å²) in [5, 5.41) is 15.1. The minimum atomic E-state index is -4.71. The van der Waals surface area contributed by atoms with Gasteiger partial charge >= 0.3 is 12.1 Å². The minimum absolute atomic E-state index is 0.0484. The van der Waals surface area contributed by atoms with E-state index >= 15 is 0 Å². The number of hydrogen-bond acceptors (Lipinski definition) is 8. The monoisotopic (exact) mass is 608 g/mol. The van der Waals surface area contributed by atoms with Crippen molar-refractivity contribution >= 4 is 35.2 Å². The van der Waals surface area contributed by atoms with Gasteiger partial charge in [-0.25, -0.2) is 14.4 Å². The molecule has 5 rings (SSSR count). The summed E-state index contributed by atoms with van der Waals surface area (Å²) in [7, 11) is 0. The molecule has 2 saturated heterocycles. The van der Waals surface area contributed by atoms with Crippen LogP contribution in [0.25, 0.3) is 5.70 Å². The highest BCUT2D eigenvalue weighted by Crippen LogP contribution is 2.39. The third kappa shape index (κ3) is 6.80. The molecule has 14 heteroatoms. The number of nitrogens with zero attached hydrogens (tertiary/aromatic N) is 4. The highest BCUT2D eigenvalue weighted by Gasteiger charge is 2.35. The van der Waals surface area contributed by atoms with Gasteiger partial charge in [0.1, 0.15) is 17.3 Å². The van der Waals surface area contributed by atoms with Gasteiger partial charge in [0.05, 0.1) is 29.6 Å². The van der Waals surface area contributed by atoms with Gasteiger partial charge < -0.3 is 20.6 Å². The standard InChI is InChI=1S/C28H32F4N6O3S/c1-2-20-4-3-7-38(20)15-22-24(17-10-18(28(30,31)32)12-19(29)11-17)35-27(42-22)36-25(39)21-13-34-23(14-33-21)37-8-5-16(6-9-37)26(40)41/h10-14,16,20,27,35H,2-9,15H2,1H3,(H,36,39)(H,40,41). The number of carboxylic acid groups (broad SMARTS) is 1. The van der Waals surface area contributed by atoms with Crippen LogP contribution in [0, 0.1) is 11.7 Å². The van der Waals surface area contributed by atoms with E-state index in [0.717, 1.165) is 37.9 Å². The summed E-state index contributed by atoms with van der Waals surface area (Å²) in [5.41, 5.74) is -1.35. The summed E-state index contributed by atoms with van der Waals surface area (Å²) in [5.74, 6) is -2.19. The highest BCUT2D eigenvalue weighted by atomic mass is 32.2. The van der Waals surface area contributed by atoms with Crippen molar-refractivity contribution in [2.24, 2.45) is 5.92 Å². The van der Waals surface area contributed by atoms with Crippen LogP contribution in [0.3, 0.4) is 0 Å². The number of carboxylic acids is 1. The topological polar surface area (TPSA) is 111 Å². The summed E-state index contributed by atoms with van der Waals surface area (Å²) in [6, 6.07) is 2.79. The molecule has 0 aliphatic carbocycles. The number of carbonyl (C=O) groups is 2. The lowest BCUT2D eigenvalue weighted by Gasteiger charge is -2.30. The Bertz CT molecular complexity index is 1350. The van der Waals surface area contributed by atoms with Crippen LogP contribution in [0.5, 0.6) is 0 Å². The van der Waals surface area contributed by atoms with E-state index in [0.29, 0.717) is 61.0 Å². The fraction of sp³-hybridized carbons (Fsp3) is 0.500. The van der Waals surface area contributed by atoms with Gasteiger partial charge in [0.25, 0.3) is 5.91 Å². The van der Waals surface area contributed by atoms with Crippen molar-refractivity contribution in [2.75, 3.05) is 31.1 Å². The normalized spacial score (nSPS) is 22.0. The molecule has 0 radical (unpaired) electrons. The van der Waals surface area contributed by atoms with Crippen LogP contribution in [-0.2, 0) is 11.0 Å². The molecule has 226 valence electrons. The molecule has 2 fully saturated rings. The first-order valence-electron chi connectivity index (χ1n) is 13.9. The average Bonchev–Trinajstić information content (AvgIpc) is 3.58. The van der Waals surface area contributed by atoms with E-state index < -0.39 is 34.9 Å². The van der Waals surface area contributed by atoms with Crippen molar-refractivity contribution in [3.05, 3.63) is 58.1 Å². The Hall–Kier alpha value is -3.39. The molecule has 1 aromatic heterocycles. The first kappa shape index (κ1) is 30.1. The Labute approximate surface area is 244 Å². The molecule has 1 amide bonds. The fourth-order valence-electron chi connectivity index (χ4n) is 5.67. The number of aliphatic carboxylic acids is 1. The summed E-state index contributed by atoms with van der Waals surface area (Å²) >= 11 is 1.27. The van der Waals surface area contributed by atoms with Crippen molar-refractivity contribution in [2.45, 2.75) is 56.7 Å². The molecule has 1 aromatic carbocycles. The summed E-state index contributed by atoms with van der Waals surface area (Å²) in [4.78, 5) is 37.7. The van der Waals surface area contributed by atoms with E-state index in [-0.39, 0.29) is 17.2 Å². The lowest BCUT2D eigenvalue weighted by atomic mass is 9.97. The maximum absolute atomic E-state index is 14.3. The molecular weight excluding hydrogens is 576 g/mol. The second-order valence-corrected chi connectivity index (χ2v) is 11.9. The van der Waals surface area contributed by atoms with Crippen LogP contribution in [-0.4, -0.2) is 69.6 Å². The van der Waals surface area contributed by atoms with E-state index in [1.54, 1.807) is 0 Å².